The number of aliphatic hydroxyl groups excluding tert-OH is 1. The van der Waals surface area contributed by atoms with E-state index in [1.807, 2.05) is 0 Å². The molecule has 22 heavy (non-hydrogen) atoms. The van der Waals surface area contributed by atoms with E-state index in [-0.39, 0.29) is 6.42 Å². The molecular formula is C17H36O4S. The second kappa shape index (κ2) is 14.5. The lowest BCUT2D eigenvalue weighted by molar-refractivity contribution is 0.219. The van der Waals surface area contributed by atoms with Crippen molar-refractivity contribution in [2.24, 2.45) is 0 Å². The van der Waals surface area contributed by atoms with Gasteiger partial charge < -0.3 is 5.11 Å². The molecule has 2 N–H and O–H groups in total. The molecule has 0 fully saturated rings. The van der Waals surface area contributed by atoms with Crippen LogP contribution in [-0.4, -0.2) is 23.5 Å². The minimum atomic E-state index is -4.27. The Morgan fingerprint density at radius 3 is 1.32 bits per heavy atom. The number of hydrogen-bond acceptors (Lipinski definition) is 3. The van der Waals surface area contributed by atoms with Crippen molar-refractivity contribution in [3.63, 3.8) is 0 Å². The van der Waals surface area contributed by atoms with Crippen molar-refractivity contribution >= 4 is 10.1 Å². The van der Waals surface area contributed by atoms with Gasteiger partial charge in [0.15, 0.2) is 5.44 Å². The minimum Gasteiger partial charge on any atom is -0.375 e. The van der Waals surface area contributed by atoms with Crippen LogP contribution in [0.5, 0.6) is 0 Å². The first-order valence-corrected chi connectivity index (χ1v) is 10.6. The lowest BCUT2D eigenvalue weighted by Crippen LogP contribution is -2.19. The highest BCUT2D eigenvalue weighted by molar-refractivity contribution is 7.86. The zero-order chi connectivity index (χ0) is 16.7. The predicted molar refractivity (Wildman–Crippen MR) is 92.5 cm³/mol. The van der Waals surface area contributed by atoms with Crippen LogP contribution in [0.2, 0.25) is 0 Å². The molecular weight excluding hydrogens is 300 g/mol. The van der Waals surface area contributed by atoms with Gasteiger partial charge >= 0.3 is 0 Å². The first-order chi connectivity index (χ1) is 10.5. The van der Waals surface area contributed by atoms with E-state index in [0.29, 0.717) is 6.42 Å². The maximum absolute atomic E-state index is 10.6. The van der Waals surface area contributed by atoms with Gasteiger partial charge in [0.2, 0.25) is 0 Å². The average Bonchev–Trinajstić information content (AvgIpc) is 2.46. The van der Waals surface area contributed by atoms with Crippen LogP contribution in [0.1, 0.15) is 103 Å². The predicted octanol–water partition coefficient (Wildman–Crippen LogP) is 5.06. The standard InChI is InChI=1S/C17H36O4S/c1-2-3-4-5-6-7-8-9-10-11-12-13-14-15-16-17(18)22(19,20)21/h17-18H,2-16H2,1H3,(H,19,20,21). The summed E-state index contributed by atoms with van der Waals surface area (Å²) in [5.41, 5.74) is -1.61. The Morgan fingerprint density at radius 1 is 0.682 bits per heavy atom. The molecule has 0 aromatic carbocycles. The Kier molecular flexibility index (Phi) is 14.4. The van der Waals surface area contributed by atoms with Crippen molar-refractivity contribution in [3.8, 4) is 0 Å². The van der Waals surface area contributed by atoms with E-state index < -0.39 is 15.6 Å². The summed E-state index contributed by atoms with van der Waals surface area (Å²) in [5, 5.41) is 9.14. The van der Waals surface area contributed by atoms with Gasteiger partial charge in [-0.05, 0) is 12.8 Å². The van der Waals surface area contributed by atoms with Crippen LogP contribution in [0.4, 0.5) is 0 Å². The first-order valence-electron chi connectivity index (χ1n) is 9.13. The Labute approximate surface area is 137 Å². The fraction of sp³-hybridized carbons (Fsp3) is 1.00. The number of hydrogen-bond donors (Lipinski definition) is 2. The summed E-state index contributed by atoms with van der Waals surface area (Å²) in [6.45, 7) is 2.25. The third-order valence-electron chi connectivity index (χ3n) is 4.15. The fourth-order valence-electron chi connectivity index (χ4n) is 2.66. The van der Waals surface area contributed by atoms with E-state index in [4.69, 9.17) is 9.66 Å². The second-order valence-electron chi connectivity index (χ2n) is 6.35. The summed E-state index contributed by atoms with van der Waals surface area (Å²) in [4.78, 5) is 0. The number of rotatable bonds is 16. The summed E-state index contributed by atoms with van der Waals surface area (Å²) >= 11 is 0. The van der Waals surface area contributed by atoms with E-state index in [1.54, 1.807) is 0 Å². The summed E-state index contributed by atoms with van der Waals surface area (Å²) in [6.07, 6.45) is 17.4. The molecule has 0 aromatic heterocycles. The molecule has 0 aliphatic carbocycles. The third kappa shape index (κ3) is 14.8. The van der Waals surface area contributed by atoms with E-state index >= 15 is 0 Å². The third-order valence-corrected chi connectivity index (χ3v) is 5.07. The zero-order valence-electron chi connectivity index (χ0n) is 14.3. The van der Waals surface area contributed by atoms with E-state index in [0.717, 1.165) is 12.8 Å². The molecule has 0 rings (SSSR count). The van der Waals surface area contributed by atoms with Crippen LogP contribution in [0.3, 0.4) is 0 Å². The van der Waals surface area contributed by atoms with Gasteiger partial charge in [-0.2, -0.15) is 8.42 Å². The quantitative estimate of drug-likeness (QED) is 0.305. The van der Waals surface area contributed by atoms with E-state index in [9.17, 15) is 8.42 Å². The lowest BCUT2D eigenvalue weighted by Gasteiger charge is -2.06. The molecule has 1 atom stereocenters. The average molecular weight is 337 g/mol. The molecule has 0 saturated heterocycles. The van der Waals surface area contributed by atoms with Crippen LogP contribution in [0.25, 0.3) is 0 Å². The smallest absolute Gasteiger partial charge is 0.291 e. The topological polar surface area (TPSA) is 74.6 Å². The van der Waals surface area contributed by atoms with Gasteiger partial charge in [0.25, 0.3) is 10.1 Å². The van der Waals surface area contributed by atoms with Crippen LogP contribution >= 0.6 is 0 Å². The van der Waals surface area contributed by atoms with Crippen molar-refractivity contribution in [1.82, 2.24) is 0 Å². The minimum absolute atomic E-state index is 0.136. The highest BCUT2D eigenvalue weighted by Gasteiger charge is 2.18. The SMILES string of the molecule is CCCCCCCCCCCCCCCCC(O)S(=O)(=O)O. The number of unbranched alkanes of at least 4 members (excludes halogenated alkanes) is 13. The summed E-state index contributed by atoms with van der Waals surface area (Å²) in [6, 6.07) is 0. The van der Waals surface area contributed by atoms with Crippen molar-refractivity contribution in [2.75, 3.05) is 0 Å². The van der Waals surface area contributed by atoms with Gasteiger partial charge in [0.1, 0.15) is 0 Å². The highest BCUT2D eigenvalue weighted by atomic mass is 32.2. The lowest BCUT2D eigenvalue weighted by atomic mass is 10.0. The van der Waals surface area contributed by atoms with E-state index in [1.165, 1.54) is 70.6 Å². The molecule has 4 nitrogen and oxygen atoms in total. The van der Waals surface area contributed by atoms with Crippen molar-refractivity contribution < 1.29 is 18.1 Å². The van der Waals surface area contributed by atoms with Gasteiger partial charge in [-0.15, -0.1) is 0 Å². The molecule has 0 amide bonds. The van der Waals surface area contributed by atoms with Gasteiger partial charge in [-0.25, -0.2) is 0 Å². The molecule has 1 unspecified atom stereocenters. The Bertz CT molecular complexity index is 328. The summed E-state index contributed by atoms with van der Waals surface area (Å²) in [5.74, 6) is 0. The molecule has 0 aromatic rings. The van der Waals surface area contributed by atoms with Gasteiger partial charge in [-0.1, -0.05) is 90.4 Å². The Balaban J connectivity index is 3.15. The Morgan fingerprint density at radius 2 is 1.00 bits per heavy atom. The van der Waals surface area contributed by atoms with E-state index in [2.05, 4.69) is 6.92 Å². The van der Waals surface area contributed by atoms with Crippen LogP contribution in [0.15, 0.2) is 0 Å². The van der Waals surface area contributed by atoms with Gasteiger partial charge in [0, 0.05) is 0 Å². The zero-order valence-corrected chi connectivity index (χ0v) is 15.1. The fourth-order valence-corrected chi connectivity index (χ4v) is 3.13. The molecule has 0 aliphatic rings. The van der Waals surface area contributed by atoms with Crippen molar-refractivity contribution in [2.45, 2.75) is 109 Å². The molecule has 0 spiro atoms. The maximum atomic E-state index is 10.6. The van der Waals surface area contributed by atoms with Crippen LogP contribution < -0.4 is 0 Å². The molecule has 0 aliphatic heterocycles. The van der Waals surface area contributed by atoms with Gasteiger partial charge in [-0.3, -0.25) is 4.55 Å². The summed E-state index contributed by atoms with van der Waals surface area (Å²) < 4.78 is 29.8. The maximum Gasteiger partial charge on any atom is 0.291 e. The van der Waals surface area contributed by atoms with Crippen molar-refractivity contribution in [1.29, 1.82) is 0 Å². The molecule has 0 heterocycles. The second-order valence-corrected chi connectivity index (χ2v) is 7.93. The first kappa shape index (κ1) is 21.9. The van der Waals surface area contributed by atoms with Crippen LogP contribution in [0, 0.1) is 0 Å². The molecule has 5 heteroatoms. The molecule has 0 saturated carbocycles. The van der Waals surface area contributed by atoms with Crippen molar-refractivity contribution in [3.05, 3.63) is 0 Å². The molecule has 0 radical (unpaired) electrons. The Hall–Kier alpha value is -0.130. The van der Waals surface area contributed by atoms with Gasteiger partial charge in [0.05, 0.1) is 0 Å². The number of aliphatic hydroxyl groups is 1. The monoisotopic (exact) mass is 336 g/mol. The highest BCUT2D eigenvalue weighted by Crippen LogP contribution is 2.14. The summed E-state index contributed by atoms with van der Waals surface area (Å²) in [7, 11) is -4.27. The van der Waals surface area contributed by atoms with Crippen LogP contribution in [-0.2, 0) is 10.1 Å². The normalized spacial score (nSPS) is 13.4. The molecule has 134 valence electrons. The molecule has 0 bridgehead atoms. The largest absolute Gasteiger partial charge is 0.375 e.